The lowest BCUT2D eigenvalue weighted by atomic mass is 9.70. The van der Waals surface area contributed by atoms with Crippen LogP contribution in [0.1, 0.15) is 132 Å². The molecule has 5 N–H and O–H groups in total. The van der Waals surface area contributed by atoms with Crippen molar-refractivity contribution in [1.82, 2.24) is 31.5 Å². The number of nitrogens with zero attached hydrogens (tertiary/aromatic N) is 1. The Morgan fingerprint density at radius 3 is 2.18 bits per heavy atom. The molecular weight excluding hydrogens is 700 g/mol. The van der Waals surface area contributed by atoms with Gasteiger partial charge in [-0.15, -0.1) is 6.58 Å². The molecule has 3 aliphatic carbocycles. The number of alkyl carbamates (subject to hydrolysis) is 1. The fraction of sp³-hybridized carbons (Fsp3) is 0.810. The second-order valence-corrected chi connectivity index (χ2v) is 18.6. The van der Waals surface area contributed by atoms with Gasteiger partial charge in [0.05, 0.1) is 12.1 Å². The van der Waals surface area contributed by atoms with E-state index in [4.69, 9.17) is 4.74 Å². The summed E-state index contributed by atoms with van der Waals surface area (Å²) in [4.78, 5) is 83.3. The topological polar surface area (TPSA) is 175 Å². The first-order valence-corrected chi connectivity index (χ1v) is 21.0. The normalized spacial score (nSPS) is 24.6. The number of urea groups is 1. The number of piperidine rings is 1. The quantitative estimate of drug-likeness (QED) is 0.0976. The maximum absolute atomic E-state index is 14.9. The van der Waals surface area contributed by atoms with Gasteiger partial charge >= 0.3 is 12.1 Å². The second kappa shape index (κ2) is 19.0. The van der Waals surface area contributed by atoms with Gasteiger partial charge in [-0.1, -0.05) is 106 Å². The first kappa shape index (κ1) is 44.1. The van der Waals surface area contributed by atoms with Crippen molar-refractivity contribution in [1.29, 1.82) is 0 Å². The Morgan fingerprint density at radius 1 is 0.909 bits per heavy atom. The zero-order chi connectivity index (χ0) is 40.6. The number of hydrogen-bond donors (Lipinski definition) is 5. The third kappa shape index (κ3) is 11.2. The van der Waals surface area contributed by atoms with Gasteiger partial charge < -0.3 is 36.2 Å². The maximum atomic E-state index is 14.9. The van der Waals surface area contributed by atoms with E-state index in [1.54, 1.807) is 4.90 Å². The van der Waals surface area contributed by atoms with Crippen LogP contribution in [0, 0.1) is 34.0 Å². The van der Waals surface area contributed by atoms with Gasteiger partial charge in [-0.05, 0) is 66.1 Å². The van der Waals surface area contributed by atoms with Crippen LogP contribution >= 0.6 is 0 Å². The first-order chi connectivity index (χ1) is 25.9. The summed E-state index contributed by atoms with van der Waals surface area (Å²) in [5.41, 5.74) is -1.24. The highest BCUT2D eigenvalue weighted by atomic mass is 16.5. The Balaban J connectivity index is 1.51. The summed E-state index contributed by atoms with van der Waals surface area (Å²) in [6.07, 6.45) is 12.8. The molecule has 0 spiro atoms. The average molecular weight is 771 g/mol. The molecule has 1 heterocycles. The summed E-state index contributed by atoms with van der Waals surface area (Å²) in [7, 11) is 0. The lowest BCUT2D eigenvalue weighted by molar-refractivity contribution is -0.146. The highest BCUT2D eigenvalue weighted by Crippen LogP contribution is 2.65. The van der Waals surface area contributed by atoms with E-state index in [0.29, 0.717) is 31.8 Å². The average Bonchev–Trinajstić information content (AvgIpc) is 3.44. The lowest BCUT2D eigenvalue weighted by Crippen LogP contribution is -2.63. The van der Waals surface area contributed by atoms with Crippen LogP contribution in [0.25, 0.3) is 0 Å². The Bertz CT molecular complexity index is 1400. The predicted octanol–water partition coefficient (Wildman–Crippen LogP) is 5.38. The number of ether oxygens (including phenoxy) is 1. The van der Waals surface area contributed by atoms with Gasteiger partial charge in [-0.2, -0.15) is 0 Å². The van der Waals surface area contributed by atoms with E-state index in [1.807, 2.05) is 34.6 Å². The van der Waals surface area contributed by atoms with Gasteiger partial charge in [0, 0.05) is 19.6 Å². The number of likely N-dealkylation sites (tertiary alicyclic amines) is 1. The largest absolute Gasteiger partial charge is 0.447 e. The first-order valence-electron chi connectivity index (χ1n) is 21.0. The summed E-state index contributed by atoms with van der Waals surface area (Å²) in [6, 6.07) is -3.91. The summed E-state index contributed by atoms with van der Waals surface area (Å²) in [5, 5.41) is 14.3. The number of fused-ring (bicyclic) bond motifs is 1. The molecule has 1 unspecified atom stereocenters. The van der Waals surface area contributed by atoms with Gasteiger partial charge in [-0.3, -0.25) is 19.2 Å². The summed E-state index contributed by atoms with van der Waals surface area (Å²) in [5.74, 6) is -1.89. The smallest absolute Gasteiger partial charge is 0.407 e. The highest BCUT2D eigenvalue weighted by Gasteiger charge is 2.70. The Labute approximate surface area is 329 Å². The van der Waals surface area contributed by atoms with Crippen molar-refractivity contribution in [3.05, 3.63) is 12.7 Å². The van der Waals surface area contributed by atoms with Crippen molar-refractivity contribution >= 4 is 35.6 Å². The molecule has 13 nitrogen and oxygen atoms in total. The van der Waals surface area contributed by atoms with E-state index in [-0.39, 0.29) is 36.3 Å². The molecule has 0 aromatic heterocycles. The van der Waals surface area contributed by atoms with Gasteiger partial charge in [0.25, 0.3) is 5.91 Å². The number of Topliss-reactive ketones (excluding diaryl/α,β-unsaturated/α-hetero) is 1. The van der Waals surface area contributed by atoms with Crippen molar-refractivity contribution in [3.63, 3.8) is 0 Å². The number of hydrogen-bond acceptors (Lipinski definition) is 7. The molecule has 4 aliphatic rings. The molecule has 0 aromatic rings. The number of unbranched alkanes of at least 4 members (excludes halogenated alkanes) is 1. The Kier molecular flexibility index (Phi) is 15.2. The van der Waals surface area contributed by atoms with Crippen molar-refractivity contribution in [2.45, 2.75) is 156 Å². The number of nitrogens with one attached hydrogen (secondary N) is 5. The highest BCUT2D eigenvalue weighted by molar-refractivity contribution is 6.38. The SMILES string of the molecule is C=CCNC(=O)C(=O)C(CCCC)NC(=O)[C@@H]1[C@@H]2[C@H](CN1C(=O)[C@@H](NC(=O)N[C@H](COC(=O)NCC1CCCCC1)C(C)(C)C)C1(C)CCCCC1)C2(C)C. The fourth-order valence-corrected chi connectivity index (χ4v) is 9.17. The van der Waals surface area contributed by atoms with Crippen molar-refractivity contribution < 1.29 is 33.5 Å². The summed E-state index contributed by atoms with van der Waals surface area (Å²) < 4.78 is 5.61. The van der Waals surface area contributed by atoms with Crippen LogP contribution in [-0.2, 0) is 23.9 Å². The standard InChI is InChI=1S/C42H70N6O7/c1-9-11-20-29(33(49)36(51)43-23-10-2)45-35(50)32-31-28(41(31,6)7)25-48(32)37(52)34(42(8)21-16-13-17-22-42)47-38(53)46-30(40(3,4)5)26-55-39(54)44-24-27-18-14-12-15-19-27/h10,27-32,34H,2,9,11-26H2,1,3-8H3,(H,43,51)(H,44,54)(H,45,50)(H2,46,47,53)/t28-,29?,30+,31-,32-,34+/m0/s1. The molecule has 4 rings (SSSR count). The molecule has 13 heteroatoms. The van der Waals surface area contributed by atoms with Gasteiger partial charge in [0.15, 0.2) is 0 Å². The minimum absolute atomic E-state index is 0.0420. The zero-order valence-electron chi connectivity index (χ0n) is 34.7. The zero-order valence-corrected chi connectivity index (χ0v) is 34.7. The van der Waals surface area contributed by atoms with E-state index < -0.39 is 64.7 Å². The molecule has 0 bridgehead atoms. The number of carbonyl (C=O) groups is 6. The predicted molar refractivity (Wildman–Crippen MR) is 212 cm³/mol. The van der Waals surface area contributed by atoms with Crippen LogP contribution in [0.15, 0.2) is 12.7 Å². The number of amides is 6. The molecule has 55 heavy (non-hydrogen) atoms. The van der Waals surface area contributed by atoms with Crippen LogP contribution in [0.5, 0.6) is 0 Å². The van der Waals surface area contributed by atoms with Crippen LogP contribution in [-0.4, -0.2) is 90.9 Å². The fourth-order valence-electron chi connectivity index (χ4n) is 9.17. The van der Waals surface area contributed by atoms with E-state index >= 15 is 0 Å². The van der Waals surface area contributed by atoms with Crippen molar-refractivity contribution in [2.75, 3.05) is 26.2 Å². The monoisotopic (exact) mass is 771 g/mol. The maximum Gasteiger partial charge on any atom is 0.407 e. The Morgan fingerprint density at radius 2 is 1.56 bits per heavy atom. The molecule has 4 fully saturated rings. The molecule has 0 radical (unpaired) electrons. The molecule has 310 valence electrons. The van der Waals surface area contributed by atoms with E-state index in [0.717, 1.165) is 51.4 Å². The molecule has 6 amide bonds. The van der Waals surface area contributed by atoms with E-state index in [1.165, 1.54) is 25.3 Å². The molecular formula is C42H70N6O7. The third-order valence-electron chi connectivity index (χ3n) is 13.1. The molecule has 6 atom stereocenters. The number of rotatable bonds is 17. The Hall–Kier alpha value is -3.64. The minimum atomic E-state index is -1.03. The molecule has 1 aliphatic heterocycles. The van der Waals surface area contributed by atoms with E-state index in [9.17, 15) is 28.8 Å². The van der Waals surface area contributed by atoms with Crippen LogP contribution < -0.4 is 26.6 Å². The van der Waals surface area contributed by atoms with Crippen molar-refractivity contribution in [2.24, 2.45) is 34.0 Å². The van der Waals surface area contributed by atoms with Crippen LogP contribution in [0.4, 0.5) is 9.59 Å². The summed E-state index contributed by atoms with van der Waals surface area (Å²) in [6.45, 7) is 18.6. The summed E-state index contributed by atoms with van der Waals surface area (Å²) >= 11 is 0. The van der Waals surface area contributed by atoms with Crippen molar-refractivity contribution in [3.8, 4) is 0 Å². The van der Waals surface area contributed by atoms with Crippen LogP contribution in [0.3, 0.4) is 0 Å². The molecule has 0 aromatic carbocycles. The number of ketones is 1. The third-order valence-corrected chi connectivity index (χ3v) is 13.1. The van der Waals surface area contributed by atoms with E-state index in [2.05, 4.69) is 47.0 Å². The minimum Gasteiger partial charge on any atom is -0.447 e. The lowest BCUT2D eigenvalue weighted by Gasteiger charge is -2.43. The van der Waals surface area contributed by atoms with Gasteiger partial charge in [-0.25, -0.2) is 9.59 Å². The number of carbonyl (C=O) groups excluding carboxylic acids is 6. The second-order valence-electron chi connectivity index (χ2n) is 18.6. The van der Waals surface area contributed by atoms with Gasteiger partial charge in [0.1, 0.15) is 18.7 Å². The molecule has 3 saturated carbocycles. The molecule has 1 saturated heterocycles. The van der Waals surface area contributed by atoms with Gasteiger partial charge in [0.2, 0.25) is 17.6 Å². The van der Waals surface area contributed by atoms with Crippen LogP contribution in [0.2, 0.25) is 0 Å².